The molecule has 0 unspecified atom stereocenters. The molecule has 1 heterocycles. The zero-order chi connectivity index (χ0) is 21.7. The van der Waals surface area contributed by atoms with Crippen LogP contribution in [-0.2, 0) is 4.74 Å². The maximum absolute atomic E-state index is 12.0. The Hall–Kier alpha value is -3.39. The molecule has 0 radical (unpaired) electrons. The summed E-state index contributed by atoms with van der Waals surface area (Å²) in [5.41, 5.74) is 12.8. The Morgan fingerprint density at radius 3 is 2.47 bits per heavy atom. The molecule has 0 atom stereocenters. The molecule has 3 rings (SSSR count). The molecule has 7 nitrogen and oxygen atoms in total. The number of ether oxygens (including phenoxy) is 1. The molecule has 0 saturated carbocycles. The topological polar surface area (TPSA) is 115 Å². The first-order chi connectivity index (χ1) is 14.2. The lowest BCUT2D eigenvalue weighted by molar-refractivity contribution is 0.0536. The van der Waals surface area contributed by atoms with E-state index in [0.717, 1.165) is 15.6 Å². The van der Waals surface area contributed by atoms with Crippen LogP contribution in [0.5, 0.6) is 0 Å². The fraction of sp³-hybridized carbons (Fsp3) is 0.227. The van der Waals surface area contributed by atoms with Crippen molar-refractivity contribution in [1.29, 1.82) is 0 Å². The minimum atomic E-state index is -0.593. The maximum atomic E-state index is 12.0. The van der Waals surface area contributed by atoms with Crippen molar-refractivity contribution in [3.8, 4) is 10.4 Å². The standard InChI is InChI=1S/C22H25N5O2S/c1-22(2,3)29-21(28)25-13-17(26-27-20(23)24)15-9-10-18-16(11-15)12-19(30-18)14-7-5-4-6-8-14/h4-12H,13H2,1-3H3,(H,25,28)(H4,23,24,27)/b26-17+. The van der Waals surface area contributed by atoms with Gasteiger partial charge in [-0.2, -0.15) is 0 Å². The Kier molecular flexibility index (Phi) is 6.37. The summed E-state index contributed by atoms with van der Waals surface area (Å²) in [7, 11) is 0. The molecule has 0 fully saturated rings. The molecule has 0 bridgehead atoms. The Morgan fingerprint density at radius 2 is 1.80 bits per heavy atom. The van der Waals surface area contributed by atoms with Gasteiger partial charge >= 0.3 is 6.09 Å². The number of nitrogens with zero attached hydrogens (tertiary/aromatic N) is 2. The molecule has 0 aliphatic heterocycles. The van der Waals surface area contributed by atoms with E-state index < -0.39 is 11.7 Å². The molecule has 0 aliphatic rings. The average molecular weight is 424 g/mol. The summed E-state index contributed by atoms with van der Waals surface area (Å²) >= 11 is 1.72. The number of carbonyl (C=O) groups is 1. The van der Waals surface area contributed by atoms with E-state index in [1.165, 1.54) is 10.4 Å². The first kappa shape index (κ1) is 21.3. The molecular formula is C22H25N5O2S. The zero-order valence-corrected chi connectivity index (χ0v) is 18.0. The third-order valence-electron chi connectivity index (χ3n) is 3.99. The second-order valence-electron chi connectivity index (χ2n) is 7.66. The number of amides is 1. The number of benzene rings is 2. The molecule has 0 aliphatic carbocycles. The van der Waals surface area contributed by atoms with Crippen molar-refractivity contribution in [1.82, 2.24) is 5.32 Å². The van der Waals surface area contributed by atoms with Gasteiger partial charge in [0.05, 0.1) is 12.3 Å². The van der Waals surface area contributed by atoms with Crippen molar-refractivity contribution in [2.24, 2.45) is 21.7 Å². The molecule has 30 heavy (non-hydrogen) atoms. The van der Waals surface area contributed by atoms with Crippen molar-refractivity contribution < 1.29 is 9.53 Å². The van der Waals surface area contributed by atoms with Crippen LogP contribution in [0.25, 0.3) is 20.5 Å². The SMILES string of the molecule is CC(C)(C)OC(=O)NC/C(=N\N=C(N)N)c1ccc2sc(-c3ccccc3)cc2c1. The lowest BCUT2D eigenvalue weighted by Gasteiger charge is -2.19. The predicted octanol–water partition coefficient (Wildman–Crippen LogP) is 4.07. The summed E-state index contributed by atoms with van der Waals surface area (Å²) in [6, 6.07) is 18.3. The van der Waals surface area contributed by atoms with Gasteiger partial charge in [0.2, 0.25) is 5.96 Å². The number of fused-ring (bicyclic) bond motifs is 1. The summed E-state index contributed by atoms with van der Waals surface area (Å²) in [5, 5.41) is 11.7. The molecule has 0 spiro atoms. The summed E-state index contributed by atoms with van der Waals surface area (Å²) in [5.74, 6) is -0.159. The smallest absolute Gasteiger partial charge is 0.407 e. The van der Waals surface area contributed by atoms with E-state index in [4.69, 9.17) is 16.2 Å². The Bertz CT molecular complexity index is 1090. The van der Waals surface area contributed by atoms with Crippen LogP contribution in [-0.4, -0.2) is 29.9 Å². The monoisotopic (exact) mass is 423 g/mol. The minimum Gasteiger partial charge on any atom is -0.444 e. The van der Waals surface area contributed by atoms with E-state index in [1.54, 1.807) is 32.1 Å². The molecule has 8 heteroatoms. The van der Waals surface area contributed by atoms with Gasteiger partial charge in [-0.3, -0.25) is 0 Å². The number of nitrogens with two attached hydrogens (primary N) is 2. The van der Waals surface area contributed by atoms with Gasteiger partial charge in [-0.25, -0.2) is 4.79 Å². The van der Waals surface area contributed by atoms with E-state index in [2.05, 4.69) is 33.7 Å². The second-order valence-corrected chi connectivity index (χ2v) is 8.74. The van der Waals surface area contributed by atoms with E-state index in [1.807, 2.05) is 36.4 Å². The number of guanidine groups is 1. The van der Waals surface area contributed by atoms with E-state index in [9.17, 15) is 4.79 Å². The average Bonchev–Trinajstić information content (AvgIpc) is 3.10. The highest BCUT2D eigenvalue weighted by molar-refractivity contribution is 7.22. The second kappa shape index (κ2) is 8.96. The van der Waals surface area contributed by atoms with Gasteiger partial charge in [0, 0.05) is 15.1 Å². The number of alkyl carbamates (subject to hydrolysis) is 1. The molecule has 0 saturated heterocycles. The van der Waals surface area contributed by atoms with Crippen molar-refractivity contribution in [3.05, 3.63) is 60.2 Å². The van der Waals surface area contributed by atoms with Gasteiger partial charge in [0.1, 0.15) is 5.60 Å². The van der Waals surface area contributed by atoms with Crippen LogP contribution in [0.4, 0.5) is 4.79 Å². The van der Waals surface area contributed by atoms with Crippen molar-refractivity contribution in [3.63, 3.8) is 0 Å². The molecule has 156 valence electrons. The third kappa shape index (κ3) is 5.81. The molecule has 5 N–H and O–H groups in total. The molecular weight excluding hydrogens is 398 g/mol. The van der Waals surface area contributed by atoms with Crippen LogP contribution in [0.2, 0.25) is 0 Å². The molecule has 3 aromatic rings. The Balaban J connectivity index is 1.88. The van der Waals surface area contributed by atoms with Crippen LogP contribution in [0.1, 0.15) is 26.3 Å². The Labute approximate surface area is 179 Å². The van der Waals surface area contributed by atoms with Crippen LogP contribution >= 0.6 is 11.3 Å². The number of thiophene rings is 1. The summed E-state index contributed by atoms with van der Waals surface area (Å²) in [6.45, 7) is 5.52. The largest absolute Gasteiger partial charge is 0.444 e. The lowest BCUT2D eigenvalue weighted by Crippen LogP contribution is -2.35. The number of rotatable bonds is 5. The quantitative estimate of drug-likeness (QED) is 0.326. The highest BCUT2D eigenvalue weighted by Crippen LogP contribution is 2.33. The normalized spacial score (nSPS) is 11.9. The fourth-order valence-corrected chi connectivity index (χ4v) is 3.80. The predicted molar refractivity (Wildman–Crippen MR) is 124 cm³/mol. The number of hydrogen-bond donors (Lipinski definition) is 3. The Morgan fingerprint density at radius 1 is 1.07 bits per heavy atom. The fourth-order valence-electron chi connectivity index (χ4n) is 2.75. The molecule has 1 amide bonds. The molecule has 1 aromatic heterocycles. The van der Waals surface area contributed by atoms with Gasteiger partial charge < -0.3 is 21.5 Å². The van der Waals surface area contributed by atoms with E-state index >= 15 is 0 Å². The highest BCUT2D eigenvalue weighted by Gasteiger charge is 2.17. The van der Waals surface area contributed by atoms with Crippen LogP contribution in [0.15, 0.2) is 64.8 Å². The summed E-state index contributed by atoms with van der Waals surface area (Å²) in [4.78, 5) is 13.2. The van der Waals surface area contributed by atoms with E-state index in [-0.39, 0.29) is 12.5 Å². The van der Waals surface area contributed by atoms with Gasteiger partial charge in [-0.1, -0.05) is 36.4 Å². The van der Waals surface area contributed by atoms with Crippen molar-refractivity contribution >= 4 is 39.2 Å². The van der Waals surface area contributed by atoms with Crippen molar-refractivity contribution in [2.45, 2.75) is 26.4 Å². The number of nitrogens with one attached hydrogen (secondary N) is 1. The van der Waals surface area contributed by atoms with Gasteiger partial charge in [0.15, 0.2) is 0 Å². The first-order valence-corrected chi connectivity index (χ1v) is 10.2. The van der Waals surface area contributed by atoms with E-state index in [0.29, 0.717) is 5.71 Å². The lowest BCUT2D eigenvalue weighted by atomic mass is 10.1. The van der Waals surface area contributed by atoms with Crippen LogP contribution in [0.3, 0.4) is 0 Å². The maximum Gasteiger partial charge on any atom is 0.407 e. The van der Waals surface area contributed by atoms with Crippen LogP contribution in [0, 0.1) is 0 Å². The molecule has 2 aromatic carbocycles. The minimum absolute atomic E-state index is 0.118. The summed E-state index contributed by atoms with van der Waals surface area (Å²) < 4.78 is 6.44. The van der Waals surface area contributed by atoms with Gasteiger partial charge in [-0.05, 0) is 49.9 Å². The van der Waals surface area contributed by atoms with Gasteiger partial charge in [-0.15, -0.1) is 21.5 Å². The summed E-state index contributed by atoms with van der Waals surface area (Å²) in [6.07, 6.45) is -0.539. The number of hydrogen-bond acceptors (Lipinski definition) is 5. The number of carbonyl (C=O) groups excluding carboxylic acids is 1. The highest BCUT2D eigenvalue weighted by atomic mass is 32.1. The van der Waals surface area contributed by atoms with Gasteiger partial charge in [0.25, 0.3) is 0 Å². The van der Waals surface area contributed by atoms with Crippen molar-refractivity contribution in [2.75, 3.05) is 6.54 Å². The third-order valence-corrected chi connectivity index (χ3v) is 5.16. The zero-order valence-electron chi connectivity index (χ0n) is 17.2. The first-order valence-electron chi connectivity index (χ1n) is 9.43. The van der Waals surface area contributed by atoms with Crippen LogP contribution < -0.4 is 16.8 Å².